The van der Waals surface area contributed by atoms with Gasteiger partial charge in [-0.15, -0.1) is 0 Å². The molecule has 15 heavy (non-hydrogen) atoms. The molecule has 0 N–H and O–H groups in total. The van der Waals surface area contributed by atoms with Gasteiger partial charge in [0.2, 0.25) is 0 Å². The molecule has 0 fully saturated rings. The van der Waals surface area contributed by atoms with Gasteiger partial charge in [-0.05, 0) is 0 Å². The maximum atomic E-state index is 3.76. The van der Waals surface area contributed by atoms with Crippen LogP contribution in [0.4, 0.5) is 0 Å². The van der Waals surface area contributed by atoms with Crippen LogP contribution in [0.5, 0.6) is 0 Å². The summed E-state index contributed by atoms with van der Waals surface area (Å²) in [5.74, 6) is 0. The Labute approximate surface area is 149 Å². The van der Waals surface area contributed by atoms with E-state index in [1.165, 1.54) is 44.9 Å². The Bertz CT molecular complexity index is 57.6. The van der Waals surface area contributed by atoms with Gasteiger partial charge in [-0.2, -0.15) is 12.8 Å². The van der Waals surface area contributed by atoms with E-state index < -0.39 is 0 Å². The molecule has 0 bridgehead atoms. The van der Waals surface area contributed by atoms with Crippen molar-refractivity contribution in [2.75, 3.05) is 0 Å². The largest absolute Gasteiger partial charge is 0.343 e. The molecule has 0 aliphatic rings. The van der Waals surface area contributed by atoms with E-state index >= 15 is 0 Å². The summed E-state index contributed by atoms with van der Waals surface area (Å²) in [5, 5.41) is 0. The topological polar surface area (TPSA) is 0 Å². The Morgan fingerprint density at radius 2 is 0.933 bits per heavy atom. The number of rotatable bonds is 7. The van der Waals surface area contributed by atoms with E-state index in [4.69, 9.17) is 0 Å². The Morgan fingerprint density at radius 1 is 0.600 bits per heavy atom. The molecule has 0 saturated heterocycles. The first kappa shape index (κ1) is 25.9. The van der Waals surface area contributed by atoms with Crippen LogP contribution < -0.4 is 0 Å². The first-order valence-electron chi connectivity index (χ1n) is 5.91. The van der Waals surface area contributed by atoms with Crippen LogP contribution >= 0.6 is 0 Å². The summed E-state index contributed by atoms with van der Waals surface area (Å²) in [6.45, 7) is 11.9. The molecule has 88 valence electrons. The van der Waals surface area contributed by atoms with Crippen molar-refractivity contribution in [1.82, 2.24) is 0 Å². The van der Waals surface area contributed by atoms with E-state index in [0.29, 0.717) is 0 Å². The maximum absolute atomic E-state index is 3.76. The number of hydrogen-bond donors (Lipinski definition) is 0. The fourth-order valence-electron chi connectivity index (χ4n) is 1.03. The van der Waals surface area contributed by atoms with Crippen molar-refractivity contribution in [3.05, 3.63) is 13.8 Å². The number of hydrogen-bond acceptors (Lipinski definition) is 0. The van der Waals surface area contributed by atoms with Gasteiger partial charge in [0.1, 0.15) is 0 Å². The van der Waals surface area contributed by atoms with Crippen molar-refractivity contribution < 1.29 is 65.4 Å². The Morgan fingerprint density at radius 3 is 1.20 bits per heavy atom. The van der Waals surface area contributed by atoms with Gasteiger partial charge in [-0.25, -0.2) is 0 Å². The van der Waals surface area contributed by atoms with Gasteiger partial charge in [-0.3, -0.25) is 0 Å². The van der Waals surface area contributed by atoms with Crippen molar-refractivity contribution in [2.45, 2.75) is 71.6 Å². The molecule has 0 heterocycles. The zero-order valence-electron chi connectivity index (χ0n) is 10.9. The zero-order chi connectivity index (χ0) is 10.4. The molecular formula is C13H28Y2-2. The molecule has 0 unspecified atom stereocenters. The van der Waals surface area contributed by atoms with Crippen LogP contribution in [0, 0.1) is 13.8 Å². The standard InChI is InChI=1S/C7H15.C6H13.2Y/c1-3-5-7-6-4-2;1-3-5-6-4-2;;/h1,3-7H2,2H3;1,3-6H2,2H3;;/q2*-1;;. The van der Waals surface area contributed by atoms with Gasteiger partial charge in [0, 0.05) is 65.4 Å². The smallest absolute Gasteiger partial charge is 0 e. The SMILES string of the molecule is [CH2-]CCCCC.[CH2-]CCCCCC.[Y].[Y]. The third kappa shape index (κ3) is 38.6. The monoisotopic (exact) mass is 362 g/mol. The molecule has 0 aliphatic heterocycles. The summed E-state index contributed by atoms with van der Waals surface area (Å²) in [4.78, 5) is 0. The second kappa shape index (κ2) is 29.8. The van der Waals surface area contributed by atoms with E-state index in [1.807, 2.05) is 0 Å². The Kier molecular flexibility index (Phi) is 51.6. The van der Waals surface area contributed by atoms with E-state index in [0.717, 1.165) is 12.8 Å². The van der Waals surface area contributed by atoms with Crippen LogP contribution in [0.2, 0.25) is 0 Å². The molecule has 0 aliphatic carbocycles. The minimum atomic E-state index is 0. The summed E-state index contributed by atoms with van der Waals surface area (Å²) in [6.07, 6.45) is 11.6. The van der Waals surface area contributed by atoms with Gasteiger partial charge < -0.3 is 13.8 Å². The van der Waals surface area contributed by atoms with Crippen LogP contribution in [0.25, 0.3) is 0 Å². The Hall–Kier alpha value is 2.21. The average molecular weight is 362 g/mol. The first-order chi connectivity index (χ1) is 6.33. The summed E-state index contributed by atoms with van der Waals surface area (Å²) < 4.78 is 0. The molecule has 0 nitrogen and oxygen atoms in total. The molecule has 0 spiro atoms. The van der Waals surface area contributed by atoms with Crippen molar-refractivity contribution in [2.24, 2.45) is 0 Å². The van der Waals surface area contributed by atoms with Crippen molar-refractivity contribution >= 4 is 0 Å². The maximum Gasteiger partial charge on any atom is 0 e. The first-order valence-corrected chi connectivity index (χ1v) is 5.91. The van der Waals surface area contributed by atoms with E-state index in [-0.39, 0.29) is 65.4 Å². The molecule has 2 heteroatoms. The van der Waals surface area contributed by atoms with Gasteiger partial charge in [0.25, 0.3) is 0 Å². The van der Waals surface area contributed by atoms with Crippen LogP contribution in [-0.2, 0) is 65.4 Å². The van der Waals surface area contributed by atoms with Gasteiger partial charge >= 0.3 is 0 Å². The normalized spacial score (nSPS) is 8.00. The molecule has 0 aromatic carbocycles. The minimum absolute atomic E-state index is 0. The number of unbranched alkanes of at least 4 members (excludes halogenated alkanes) is 7. The zero-order valence-corrected chi connectivity index (χ0v) is 16.6. The van der Waals surface area contributed by atoms with Crippen LogP contribution in [0.15, 0.2) is 0 Å². The fraction of sp³-hybridized carbons (Fsp3) is 0.846. The summed E-state index contributed by atoms with van der Waals surface area (Å²) in [7, 11) is 0. The summed E-state index contributed by atoms with van der Waals surface area (Å²) in [6, 6.07) is 0. The minimum Gasteiger partial charge on any atom is -0.343 e. The molecule has 0 rings (SSSR count). The average Bonchev–Trinajstić information content (AvgIpc) is 2.17. The summed E-state index contributed by atoms with van der Waals surface area (Å²) in [5.41, 5.74) is 0. The predicted molar refractivity (Wildman–Crippen MR) is 63.6 cm³/mol. The van der Waals surface area contributed by atoms with Crippen molar-refractivity contribution in [3.8, 4) is 0 Å². The quantitative estimate of drug-likeness (QED) is 0.432. The van der Waals surface area contributed by atoms with Gasteiger partial charge in [0.05, 0.1) is 0 Å². The van der Waals surface area contributed by atoms with E-state index in [2.05, 4.69) is 27.7 Å². The van der Waals surface area contributed by atoms with Crippen molar-refractivity contribution in [3.63, 3.8) is 0 Å². The third-order valence-corrected chi connectivity index (χ3v) is 1.96. The van der Waals surface area contributed by atoms with Gasteiger partial charge in [-0.1, -0.05) is 58.8 Å². The molecule has 0 saturated carbocycles. The second-order valence-corrected chi connectivity index (χ2v) is 3.47. The molecule has 2 radical (unpaired) electrons. The molecule has 0 atom stereocenters. The second-order valence-electron chi connectivity index (χ2n) is 3.47. The molecule has 0 aromatic heterocycles. The Balaban J connectivity index is -0.0000000718. The van der Waals surface area contributed by atoms with E-state index in [9.17, 15) is 0 Å². The predicted octanol–water partition coefficient (Wildman–Crippen LogP) is 5.19. The van der Waals surface area contributed by atoms with Gasteiger partial charge in [0.15, 0.2) is 0 Å². The summed E-state index contributed by atoms with van der Waals surface area (Å²) >= 11 is 0. The van der Waals surface area contributed by atoms with Crippen molar-refractivity contribution in [1.29, 1.82) is 0 Å². The molecule has 0 amide bonds. The van der Waals surface area contributed by atoms with Crippen LogP contribution in [0.3, 0.4) is 0 Å². The van der Waals surface area contributed by atoms with E-state index in [1.54, 1.807) is 0 Å². The molecular weight excluding hydrogens is 334 g/mol. The third-order valence-electron chi connectivity index (χ3n) is 1.96. The molecule has 0 aromatic rings. The van der Waals surface area contributed by atoms with Crippen LogP contribution in [0.1, 0.15) is 71.6 Å². The fourth-order valence-corrected chi connectivity index (χ4v) is 1.03. The van der Waals surface area contributed by atoms with Crippen LogP contribution in [-0.4, -0.2) is 0 Å².